The summed E-state index contributed by atoms with van der Waals surface area (Å²) in [5.74, 6) is -0.120. The normalized spacial score (nSPS) is 21.4. The van der Waals surface area contributed by atoms with Crippen molar-refractivity contribution in [1.29, 1.82) is 0 Å². The zero-order valence-corrected chi connectivity index (χ0v) is 25.7. The van der Waals surface area contributed by atoms with Crippen LogP contribution in [-0.2, 0) is 29.1 Å². The van der Waals surface area contributed by atoms with E-state index in [0.717, 1.165) is 23.3 Å². The molecule has 226 valence electrons. The van der Waals surface area contributed by atoms with Crippen LogP contribution in [0.4, 0.5) is 0 Å². The second kappa shape index (κ2) is 14.2. The molecule has 0 aromatic rings. The molecule has 5 N–H and O–H groups in total. The molecule has 2 fully saturated rings. The summed E-state index contributed by atoms with van der Waals surface area (Å²) in [5.41, 5.74) is 13.9. The average Bonchev–Trinajstić information content (AvgIpc) is 3.24. The molecule has 0 aromatic carbocycles. The van der Waals surface area contributed by atoms with Crippen molar-refractivity contribution in [2.45, 2.75) is 91.7 Å². The largest absolute Gasteiger partial charge is 0.487 e. The fraction of sp³-hybridized carbons (Fsp3) is 0.679. The van der Waals surface area contributed by atoms with Gasteiger partial charge in [-0.2, -0.15) is 0 Å². The van der Waals surface area contributed by atoms with Crippen LogP contribution < -0.4 is 16.2 Å². The van der Waals surface area contributed by atoms with Gasteiger partial charge in [-0.15, -0.1) is 0 Å². The van der Waals surface area contributed by atoms with Gasteiger partial charge in [0.15, 0.2) is 0 Å². The highest BCUT2D eigenvalue weighted by Gasteiger charge is 2.36. The van der Waals surface area contributed by atoms with Gasteiger partial charge in [0.25, 0.3) is 10.0 Å². The van der Waals surface area contributed by atoms with E-state index >= 15 is 0 Å². The Morgan fingerprint density at radius 1 is 1.25 bits per heavy atom. The van der Waals surface area contributed by atoms with Gasteiger partial charge in [-0.25, -0.2) is 13.1 Å². The number of guanidine groups is 1. The lowest BCUT2D eigenvalue weighted by Crippen LogP contribution is -2.48. The summed E-state index contributed by atoms with van der Waals surface area (Å²) in [6, 6.07) is -0.715. The van der Waals surface area contributed by atoms with Gasteiger partial charge in [-0.1, -0.05) is 13.5 Å². The summed E-state index contributed by atoms with van der Waals surface area (Å²) in [7, 11) is -4.04. The zero-order chi connectivity index (χ0) is 30.3. The standard InChI is InChI=1S/C28H47N5O6S/c1-8-18(3)24-22(17-28(6,7)39-24)19(4)20(5)40(36,37)32-27(30)31-14-10-11-23(29)25(34)33-15-12-21(13-16-33)26(35)38-9-2/h21,23H,5,8-17,29H2,1-4,6-7H3,(H3,30,31,32)/b22-19-,24-18+/t23-/m0/s1. The highest BCUT2D eigenvalue weighted by molar-refractivity contribution is 7.94. The second-order valence-corrected chi connectivity index (χ2v) is 12.7. The van der Waals surface area contributed by atoms with E-state index in [9.17, 15) is 18.0 Å². The fourth-order valence-corrected chi connectivity index (χ4v) is 5.74. The van der Waals surface area contributed by atoms with E-state index in [0.29, 0.717) is 57.4 Å². The van der Waals surface area contributed by atoms with E-state index in [-0.39, 0.29) is 35.2 Å². The maximum Gasteiger partial charge on any atom is 0.309 e. The molecular formula is C28H47N5O6S. The summed E-state index contributed by atoms with van der Waals surface area (Å²) in [6.07, 6.45) is 3.25. The first-order valence-corrected chi connectivity index (χ1v) is 15.4. The molecule has 0 unspecified atom stereocenters. The van der Waals surface area contributed by atoms with Crippen molar-refractivity contribution in [3.05, 3.63) is 34.0 Å². The highest BCUT2D eigenvalue weighted by Crippen LogP contribution is 2.42. The maximum atomic E-state index is 13.0. The monoisotopic (exact) mass is 581 g/mol. The lowest BCUT2D eigenvalue weighted by molar-refractivity contribution is -0.151. The van der Waals surface area contributed by atoms with Crippen molar-refractivity contribution < 1.29 is 27.5 Å². The predicted molar refractivity (Wildman–Crippen MR) is 156 cm³/mol. The van der Waals surface area contributed by atoms with E-state index < -0.39 is 21.7 Å². The van der Waals surface area contributed by atoms with Gasteiger partial charge in [0, 0.05) is 31.6 Å². The molecule has 0 radical (unpaired) electrons. The van der Waals surface area contributed by atoms with Gasteiger partial charge in [0.2, 0.25) is 11.9 Å². The summed E-state index contributed by atoms with van der Waals surface area (Å²) in [5, 5.41) is 0. The lowest BCUT2D eigenvalue weighted by Gasteiger charge is -2.32. The molecule has 2 rings (SSSR count). The number of nitrogens with two attached hydrogens (primary N) is 2. The number of amides is 1. The molecule has 12 heteroatoms. The van der Waals surface area contributed by atoms with Crippen LogP contribution in [0.3, 0.4) is 0 Å². The Morgan fingerprint density at radius 3 is 2.45 bits per heavy atom. The molecule has 0 aliphatic carbocycles. The number of allylic oxidation sites excluding steroid dienone is 3. The molecule has 0 spiro atoms. The van der Waals surface area contributed by atoms with Gasteiger partial charge in [-0.3, -0.25) is 14.6 Å². The number of hydrogen-bond donors (Lipinski definition) is 3. The first-order chi connectivity index (χ1) is 18.6. The number of esters is 1. The zero-order valence-electron chi connectivity index (χ0n) is 24.8. The number of aliphatic imine (C=N–C) groups is 1. The summed E-state index contributed by atoms with van der Waals surface area (Å²) in [6.45, 7) is 16.7. The number of ether oxygens (including phenoxy) is 2. The molecule has 1 atom stereocenters. The van der Waals surface area contributed by atoms with E-state index in [1.165, 1.54) is 0 Å². The first kappa shape index (κ1) is 33.3. The molecule has 0 saturated carbocycles. The number of carbonyl (C=O) groups is 2. The number of rotatable bonds is 11. The van der Waals surface area contributed by atoms with Crippen molar-refractivity contribution in [3.8, 4) is 0 Å². The number of sulfonamides is 1. The van der Waals surface area contributed by atoms with Gasteiger partial charge in [0.05, 0.1) is 23.5 Å². The Kier molecular flexibility index (Phi) is 11.8. The molecular weight excluding hydrogens is 534 g/mol. The van der Waals surface area contributed by atoms with Crippen LogP contribution in [0.5, 0.6) is 0 Å². The number of likely N-dealkylation sites (tertiary alicyclic amines) is 1. The molecule has 2 aliphatic rings. The third-order valence-corrected chi connectivity index (χ3v) is 8.74. The van der Waals surface area contributed by atoms with Crippen molar-refractivity contribution in [2.75, 3.05) is 26.2 Å². The minimum absolute atomic E-state index is 0.0947. The average molecular weight is 582 g/mol. The molecule has 0 aromatic heterocycles. The number of hydrogen-bond acceptors (Lipinski definition) is 8. The van der Waals surface area contributed by atoms with Gasteiger partial charge >= 0.3 is 5.97 Å². The maximum absolute atomic E-state index is 13.0. The molecule has 11 nitrogen and oxygen atoms in total. The summed E-state index contributed by atoms with van der Waals surface area (Å²) < 4.78 is 39.4. The minimum atomic E-state index is -4.04. The fourth-order valence-electron chi connectivity index (χ4n) is 4.75. The van der Waals surface area contributed by atoms with E-state index in [1.54, 1.807) is 18.7 Å². The number of nitrogens with zero attached hydrogens (tertiary/aromatic N) is 2. The van der Waals surface area contributed by atoms with Gasteiger partial charge in [-0.05, 0) is 77.9 Å². The third-order valence-electron chi connectivity index (χ3n) is 7.31. The van der Waals surface area contributed by atoms with Crippen LogP contribution in [-0.4, -0.2) is 69.0 Å². The topological polar surface area (TPSA) is 166 Å². The molecule has 2 heterocycles. The van der Waals surface area contributed by atoms with Gasteiger partial charge in [0.1, 0.15) is 11.4 Å². The third kappa shape index (κ3) is 8.82. The minimum Gasteiger partial charge on any atom is -0.487 e. The summed E-state index contributed by atoms with van der Waals surface area (Å²) in [4.78, 5) is 30.3. The van der Waals surface area contributed by atoms with E-state index in [4.69, 9.17) is 20.9 Å². The van der Waals surface area contributed by atoms with Crippen molar-refractivity contribution in [3.63, 3.8) is 0 Å². The Balaban J connectivity index is 1.90. The van der Waals surface area contributed by atoms with Crippen LogP contribution in [0, 0.1) is 5.92 Å². The Bertz CT molecular complexity index is 1160. The van der Waals surface area contributed by atoms with Crippen molar-refractivity contribution in [2.24, 2.45) is 22.4 Å². The molecule has 2 saturated heterocycles. The van der Waals surface area contributed by atoms with Gasteiger partial charge < -0.3 is 25.8 Å². The Labute approximate surface area is 239 Å². The lowest BCUT2D eigenvalue weighted by atomic mass is 9.96. The second-order valence-electron chi connectivity index (χ2n) is 11.0. The van der Waals surface area contributed by atoms with Crippen molar-refractivity contribution >= 4 is 27.9 Å². The smallest absolute Gasteiger partial charge is 0.309 e. The van der Waals surface area contributed by atoms with Crippen LogP contribution in [0.25, 0.3) is 0 Å². The number of carbonyl (C=O) groups excluding carboxylic acids is 2. The SMILES string of the molecule is C=C(/C(C)=C1/CC(C)(C)O/C1=C(\C)CC)S(=O)(=O)NC(N)=NCCC[C@H](N)C(=O)N1CCC(C(=O)OCC)CC1. The predicted octanol–water partition coefficient (Wildman–Crippen LogP) is 2.84. The van der Waals surface area contributed by atoms with Crippen molar-refractivity contribution in [1.82, 2.24) is 9.62 Å². The molecule has 2 aliphatic heterocycles. The van der Waals surface area contributed by atoms with Crippen LogP contribution >= 0.6 is 0 Å². The van der Waals surface area contributed by atoms with Crippen LogP contribution in [0.1, 0.15) is 80.1 Å². The number of piperidine rings is 1. The molecule has 0 bridgehead atoms. The highest BCUT2D eigenvalue weighted by atomic mass is 32.2. The number of nitrogens with one attached hydrogen (secondary N) is 1. The molecule has 40 heavy (non-hydrogen) atoms. The van der Waals surface area contributed by atoms with Crippen LogP contribution in [0.2, 0.25) is 0 Å². The van der Waals surface area contributed by atoms with E-state index in [2.05, 4.69) is 16.3 Å². The quantitative estimate of drug-likeness (QED) is 0.145. The first-order valence-electron chi connectivity index (χ1n) is 13.9. The van der Waals surface area contributed by atoms with Crippen LogP contribution in [0.15, 0.2) is 39.0 Å². The summed E-state index contributed by atoms with van der Waals surface area (Å²) >= 11 is 0. The molecule has 1 amide bonds. The Morgan fingerprint density at radius 2 is 1.88 bits per heavy atom. The van der Waals surface area contributed by atoms with E-state index in [1.807, 2.05) is 27.7 Å². The Hall–Kier alpha value is -2.86.